The zero-order chi connectivity index (χ0) is 14.4. The lowest BCUT2D eigenvalue weighted by Gasteiger charge is -2.22. The van der Waals surface area contributed by atoms with Gasteiger partial charge in [0.15, 0.2) is 0 Å². The fraction of sp³-hybridized carbons (Fsp3) is 0.786. The highest BCUT2D eigenvalue weighted by Gasteiger charge is 2.72. The Balaban J connectivity index is 1.81. The number of amides is 2. The van der Waals surface area contributed by atoms with E-state index in [-0.39, 0.29) is 41.4 Å². The van der Waals surface area contributed by atoms with Gasteiger partial charge in [-0.25, -0.2) is 0 Å². The van der Waals surface area contributed by atoms with Crippen molar-refractivity contribution >= 4 is 17.8 Å². The molecule has 0 bridgehead atoms. The Hall–Kier alpha value is -1.39. The molecule has 0 spiro atoms. The van der Waals surface area contributed by atoms with E-state index in [2.05, 4.69) is 0 Å². The molecule has 5 nitrogen and oxygen atoms in total. The van der Waals surface area contributed by atoms with Crippen molar-refractivity contribution in [3.8, 4) is 0 Å². The van der Waals surface area contributed by atoms with Gasteiger partial charge in [-0.05, 0) is 24.2 Å². The molecule has 5 heteroatoms. The molecule has 2 amide bonds. The first-order valence-electron chi connectivity index (χ1n) is 6.83. The first-order chi connectivity index (χ1) is 8.76. The number of carbonyl (C=O) groups excluding carboxylic acids is 2. The third kappa shape index (κ3) is 2.38. The minimum Gasteiger partial charge on any atom is -0.481 e. The van der Waals surface area contributed by atoms with Crippen molar-refractivity contribution in [1.82, 2.24) is 4.90 Å². The summed E-state index contributed by atoms with van der Waals surface area (Å²) < 4.78 is 0. The van der Waals surface area contributed by atoms with Gasteiger partial charge in [0.25, 0.3) is 0 Å². The maximum Gasteiger partial charge on any atom is 0.303 e. The fourth-order valence-corrected chi connectivity index (χ4v) is 3.09. The summed E-state index contributed by atoms with van der Waals surface area (Å²) in [6.07, 6.45) is 1.41. The van der Waals surface area contributed by atoms with Crippen LogP contribution in [-0.4, -0.2) is 34.3 Å². The van der Waals surface area contributed by atoms with Crippen LogP contribution in [0.2, 0.25) is 0 Å². The Morgan fingerprint density at radius 2 is 1.79 bits per heavy atom. The maximum atomic E-state index is 12.1. The van der Waals surface area contributed by atoms with Crippen molar-refractivity contribution in [1.29, 1.82) is 0 Å². The van der Waals surface area contributed by atoms with Gasteiger partial charge in [0.05, 0.1) is 11.8 Å². The molecule has 1 N–H and O–H groups in total. The van der Waals surface area contributed by atoms with Crippen LogP contribution in [0.25, 0.3) is 0 Å². The van der Waals surface area contributed by atoms with Crippen molar-refractivity contribution in [2.24, 2.45) is 23.2 Å². The van der Waals surface area contributed by atoms with Crippen molar-refractivity contribution in [3.63, 3.8) is 0 Å². The zero-order valence-corrected chi connectivity index (χ0v) is 11.7. The number of hydrogen-bond donors (Lipinski definition) is 1. The van der Waals surface area contributed by atoms with Gasteiger partial charge in [-0.3, -0.25) is 19.3 Å². The number of aliphatic carboxylic acids is 1. The van der Waals surface area contributed by atoms with Crippen LogP contribution in [0.1, 0.15) is 40.0 Å². The summed E-state index contributed by atoms with van der Waals surface area (Å²) in [5.41, 5.74) is -0.153. The SMILES string of the molecule is CC(CCC(=O)O)CCN1C(=O)C2C(C1=O)C2(C)C. The van der Waals surface area contributed by atoms with Crippen LogP contribution in [0.5, 0.6) is 0 Å². The number of hydrogen-bond acceptors (Lipinski definition) is 3. The molecule has 3 unspecified atom stereocenters. The third-order valence-corrected chi connectivity index (χ3v) is 4.59. The second kappa shape index (κ2) is 4.62. The Kier molecular flexibility index (Phi) is 3.41. The monoisotopic (exact) mass is 267 g/mol. The predicted molar refractivity (Wildman–Crippen MR) is 68.1 cm³/mol. The van der Waals surface area contributed by atoms with E-state index in [9.17, 15) is 14.4 Å². The van der Waals surface area contributed by atoms with Crippen LogP contribution in [0, 0.1) is 23.2 Å². The van der Waals surface area contributed by atoms with Crippen LogP contribution in [-0.2, 0) is 14.4 Å². The number of carboxylic acid groups (broad SMARTS) is 1. The summed E-state index contributed by atoms with van der Waals surface area (Å²) >= 11 is 0. The number of carboxylic acids is 1. The van der Waals surface area contributed by atoms with Crippen LogP contribution >= 0.6 is 0 Å². The van der Waals surface area contributed by atoms with Crippen molar-refractivity contribution < 1.29 is 19.5 Å². The van der Waals surface area contributed by atoms with E-state index in [4.69, 9.17) is 5.11 Å². The molecular weight excluding hydrogens is 246 g/mol. The van der Waals surface area contributed by atoms with Crippen molar-refractivity contribution in [2.75, 3.05) is 6.54 Å². The maximum absolute atomic E-state index is 12.1. The average Bonchev–Trinajstić information content (AvgIpc) is 2.77. The van der Waals surface area contributed by atoms with E-state index in [1.165, 1.54) is 4.90 Å². The topological polar surface area (TPSA) is 74.7 Å². The lowest BCUT2D eigenvalue weighted by molar-refractivity contribution is -0.143. The molecule has 0 aromatic rings. The Morgan fingerprint density at radius 1 is 1.26 bits per heavy atom. The number of rotatable bonds is 6. The van der Waals surface area contributed by atoms with Gasteiger partial charge >= 0.3 is 5.97 Å². The normalized spacial score (nSPS) is 29.3. The highest BCUT2D eigenvalue weighted by molar-refractivity contribution is 6.10. The number of likely N-dealkylation sites (tertiary alicyclic amines) is 1. The molecule has 1 saturated carbocycles. The molecule has 1 aliphatic carbocycles. The zero-order valence-electron chi connectivity index (χ0n) is 11.7. The van der Waals surface area contributed by atoms with Crippen molar-refractivity contribution in [3.05, 3.63) is 0 Å². The van der Waals surface area contributed by atoms with Crippen LogP contribution in [0.4, 0.5) is 0 Å². The Bertz CT molecular complexity index is 405. The van der Waals surface area contributed by atoms with Crippen molar-refractivity contribution in [2.45, 2.75) is 40.0 Å². The highest BCUT2D eigenvalue weighted by Crippen LogP contribution is 2.63. The van der Waals surface area contributed by atoms with Gasteiger partial charge < -0.3 is 5.11 Å². The van der Waals surface area contributed by atoms with E-state index in [0.29, 0.717) is 19.4 Å². The van der Waals surface area contributed by atoms with Gasteiger partial charge in [0, 0.05) is 13.0 Å². The molecule has 2 rings (SSSR count). The first-order valence-corrected chi connectivity index (χ1v) is 6.83. The summed E-state index contributed by atoms with van der Waals surface area (Å²) in [6.45, 7) is 6.32. The second-order valence-electron chi connectivity index (χ2n) is 6.43. The molecular formula is C14H21NO4. The summed E-state index contributed by atoms with van der Waals surface area (Å²) in [6, 6.07) is 0. The van der Waals surface area contributed by atoms with Gasteiger partial charge in [-0.15, -0.1) is 0 Å². The lowest BCUT2D eigenvalue weighted by atomic mass is 10.0. The number of nitrogens with zero attached hydrogens (tertiary/aromatic N) is 1. The van der Waals surface area contributed by atoms with Crippen LogP contribution < -0.4 is 0 Å². The van der Waals surface area contributed by atoms with E-state index in [1.54, 1.807) is 0 Å². The summed E-state index contributed by atoms with van der Waals surface area (Å²) in [5, 5.41) is 8.61. The number of piperidine rings is 1. The van der Waals surface area contributed by atoms with Gasteiger partial charge in [-0.2, -0.15) is 0 Å². The minimum absolute atomic E-state index is 0.0366. The molecule has 19 heavy (non-hydrogen) atoms. The summed E-state index contributed by atoms with van der Waals surface area (Å²) in [4.78, 5) is 36.0. The highest BCUT2D eigenvalue weighted by atomic mass is 16.4. The quantitative estimate of drug-likeness (QED) is 0.740. The molecule has 1 heterocycles. The number of imide groups is 1. The van der Waals surface area contributed by atoms with Gasteiger partial charge in [-0.1, -0.05) is 20.8 Å². The van der Waals surface area contributed by atoms with E-state index in [0.717, 1.165) is 0 Å². The first kappa shape index (κ1) is 14.0. The van der Waals surface area contributed by atoms with Crippen LogP contribution in [0.15, 0.2) is 0 Å². The average molecular weight is 267 g/mol. The Labute approximate surface area is 113 Å². The van der Waals surface area contributed by atoms with Gasteiger partial charge in [0.1, 0.15) is 0 Å². The molecule has 1 aliphatic heterocycles. The molecule has 1 saturated heterocycles. The molecule has 0 radical (unpaired) electrons. The van der Waals surface area contributed by atoms with E-state index < -0.39 is 5.97 Å². The molecule has 0 aromatic carbocycles. The summed E-state index contributed by atoms with van der Waals surface area (Å²) in [7, 11) is 0. The fourth-order valence-electron chi connectivity index (χ4n) is 3.09. The Morgan fingerprint density at radius 3 is 2.26 bits per heavy atom. The molecule has 2 fully saturated rings. The smallest absolute Gasteiger partial charge is 0.303 e. The predicted octanol–water partition coefficient (Wildman–Crippen LogP) is 1.52. The van der Waals surface area contributed by atoms with Crippen LogP contribution in [0.3, 0.4) is 0 Å². The van der Waals surface area contributed by atoms with E-state index >= 15 is 0 Å². The minimum atomic E-state index is -0.803. The largest absolute Gasteiger partial charge is 0.481 e. The number of carbonyl (C=O) groups is 3. The molecule has 106 valence electrons. The lowest BCUT2D eigenvalue weighted by Crippen LogP contribution is -2.37. The second-order valence-corrected chi connectivity index (χ2v) is 6.43. The summed E-state index contributed by atoms with van der Waals surface area (Å²) in [5.74, 6) is -0.899. The van der Waals surface area contributed by atoms with E-state index in [1.807, 2.05) is 20.8 Å². The molecule has 0 aromatic heterocycles. The van der Waals surface area contributed by atoms with Gasteiger partial charge in [0.2, 0.25) is 11.8 Å². The number of fused-ring (bicyclic) bond motifs is 1. The molecule has 2 aliphatic rings. The third-order valence-electron chi connectivity index (χ3n) is 4.59. The standard InChI is InChI=1S/C14H21NO4/c1-8(4-5-9(16)17)6-7-15-12(18)10-11(13(15)19)14(10,2)3/h8,10-11H,4-7H2,1-3H3,(H,16,17). The molecule has 3 atom stereocenters.